The zero-order chi connectivity index (χ0) is 8.15. The number of hydrogen-bond donors (Lipinski definition) is 3. The summed E-state index contributed by atoms with van der Waals surface area (Å²) in [5.74, 6) is -0.999. The van der Waals surface area contributed by atoms with Crippen LogP contribution in [0.2, 0.25) is 0 Å². The van der Waals surface area contributed by atoms with Gasteiger partial charge in [0.25, 0.3) is 0 Å². The Labute approximate surface area is 59.5 Å². The highest BCUT2D eigenvalue weighted by molar-refractivity contribution is 5.80. The van der Waals surface area contributed by atoms with Crippen LogP contribution in [0, 0.1) is 5.41 Å². The highest BCUT2D eigenvalue weighted by Gasteiger charge is 2.10. The first kappa shape index (κ1) is 9.10. The molecule has 0 rings (SSSR count). The Kier molecular flexibility index (Phi) is 3.64. The van der Waals surface area contributed by atoms with Crippen molar-refractivity contribution in [1.82, 2.24) is 0 Å². The van der Waals surface area contributed by atoms with Crippen LogP contribution in [-0.4, -0.2) is 22.8 Å². The number of nitrogens with one attached hydrogen (secondary N) is 1. The van der Waals surface area contributed by atoms with E-state index in [4.69, 9.17) is 16.2 Å². The molecule has 0 spiro atoms. The summed E-state index contributed by atoms with van der Waals surface area (Å²) in [6.07, 6.45) is 0.818. The molecule has 0 fully saturated rings. The first-order valence-electron chi connectivity index (χ1n) is 3.06. The highest BCUT2D eigenvalue weighted by atomic mass is 16.4. The molecule has 1 unspecified atom stereocenters. The van der Waals surface area contributed by atoms with Gasteiger partial charge in [-0.3, -0.25) is 4.79 Å². The molecule has 0 aliphatic rings. The maximum Gasteiger partial charge on any atom is 0.320 e. The second kappa shape index (κ2) is 4.00. The van der Waals surface area contributed by atoms with Gasteiger partial charge in [-0.15, -0.1) is 0 Å². The zero-order valence-corrected chi connectivity index (χ0v) is 5.92. The van der Waals surface area contributed by atoms with Gasteiger partial charge in [-0.1, -0.05) is 0 Å². The smallest absolute Gasteiger partial charge is 0.320 e. The molecule has 0 amide bonds. The van der Waals surface area contributed by atoms with Gasteiger partial charge in [-0.05, 0) is 19.8 Å². The SMILES string of the molecule is CC(=N)CCC(N)C(=O)O. The van der Waals surface area contributed by atoms with Crippen LogP contribution in [-0.2, 0) is 4.79 Å². The summed E-state index contributed by atoms with van der Waals surface area (Å²) in [7, 11) is 0. The van der Waals surface area contributed by atoms with E-state index in [-0.39, 0.29) is 0 Å². The van der Waals surface area contributed by atoms with Gasteiger partial charge < -0.3 is 16.2 Å². The summed E-state index contributed by atoms with van der Waals surface area (Å²) in [5.41, 5.74) is 5.64. The van der Waals surface area contributed by atoms with Crippen molar-refractivity contribution in [3.63, 3.8) is 0 Å². The molecule has 0 saturated heterocycles. The second-order valence-corrected chi connectivity index (χ2v) is 2.26. The molecule has 4 heteroatoms. The van der Waals surface area contributed by atoms with Gasteiger partial charge in [-0.2, -0.15) is 0 Å². The molecular weight excluding hydrogens is 132 g/mol. The van der Waals surface area contributed by atoms with Crippen molar-refractivity contribution in [1.29, 1.82) is 5.41 Å². The Morgan fingerprint density at radius 1 is 1.80 bits per heavy atom. The zero-order valence-electron chi connectivity index (χ0n) is 5.92. The molecule has 10 heavy (non-hydrogen) atoms. The number of rotatable bonds is 4. The molecule has 0 aromatic heterocycles. The normalized spacial score (nSPS) is 12.6. The molecule has 0 saturated carbocycles. The molecule has 1 atom stereocenters. The highest BCUT2D eigenvalue weighted by Crippen LogP contribution is 1.94. The van der Waals surface area contributed by atoms with Crippen molar-refractivity contribution in [3.05, 3.63) is 0 Å². The van der Waals surface area contributed by atoms with Crippen molar-refractivity contribution >= 4 is 11.7 Å². The van der Waals surface area contributed by atoms with Crippen molar-refractivity contribution in [2.75, 3.05) is 0 Å². The van der Waals surface area contributed by atoms with Crippen molar-refractivity contribution < 1.29 is 9.90 Å². The number of carbonyl (C=O) groups is 1. The molecule has 0 aromatic rings. The van der Waals surface area contributed by atoms with Crippen LogP contribution in [0.25, 0.3) is 0 Å². The first-order valence-corrected chi connectivity index (χ1v) is 3.06. The molecule has 0 aliphatic heterocycles. The summed E-state index contributed by atoms with van der Waals surface area (Å²) in [6.45, 7) is 1.63. The first-order chi connectivity index (χ1) is 4.54. The van der Waals surface area contributed by atoms with Crippen LogP contribution in [0.3, 0.4) is 0 Å². The van der Waals surface area contributed by atoms with E-state index in [9.17, 15) is 4.79 Å². The van der Waals surface area contributed by atoms with Crippen molar-refractivity contribution in [3.8, 4) is 0 Å². The average molecular weight is 144 g/mol. The monoisotopic (exact) mass is 144 g/mol. The summed E-state index contributed by atoms with van der Waals surface area (Å²) < 4.78 is 0. The van der Waals surface area contributed by atoms with Crippen LogP contribution < -0.4 is 5.73 Å². The van der Waals surface area contributed by atoms with E-state index in [1.807, 2.05) is 0 Å². The van der Waals surface area contributed by atoms with Gasteiger partial charge >= 0.3 is 5.97 Å². The van der Waals surface area contributed by atoms with Crippen molar-refractivity contribution in [2.24, 2.45) is 5.73 Å². The maximum absolute atomic E-state index is 10.1. The maximum atomic E-state index is 10.1. The number of hydrogen-bond acceptors (Lipinski definition) is 3. The molecule has 0 aliphatic carbocycles. The lowest BCUT2D eigenvalue weighted by molar-refractivity contribution is -0.138. The van der Waals surface area contributed by atoms with Crippen LogP contribution in [0.15, 0.2) is 0 Å². The standard InChI is InChI=1S/C6H12N2O2/c1-4(7)2-3-5(8)6(9)10/h5,7H,2-3,8H2,1H3,(H,9,10). The van der Waals surface area contributed by atoms with Gasteiger partial charge in [0.15, 0.2) is 0 Å². The predicted molar refractivity (Wildman–Crippen MR) is 38.2 cm³/mol. The van der Waals surface area contributed by atoms with E-state index in [0.717, 1.165) is 0 Å². The predicted octanol–water partition coefficient (Wildman–Crippen LogP) is 0.218. The quantitative estimate of drug-likeness (QED) is 0.493. The lowest BCUT2D eigenvalue weighted by Crippen LogP contribution is -2.30. The van der Waals surface area contributed by atoms with E-state index >= 15 is 0 Å². The Morgan fingerprint density at radius 3 is 2.60 bits per heavy atom. The van der Waals surface area contributed by atoms with Crippen LogP contribution in [0.4, 0.5) is 0 Å². The van der Waals surface area contributed by atoms with Gasteiger partial charge in [0, 0.05) is 5.71 Å². The summed E-state index contributed by atoms with van der Waals surface area (Å²) in [5, 5.41) is 15.3. The Balaban J connectivity index is 3.49. The summed E-state index contributed by atoms with van der Waals surface area (Å²) in [4.78, 5) is 10.1. The van der Waals surface area contributed by atoms with Gasteiger partial charge in [0.05, 0.1) is 0 Å². The van der Waals surface area contributed by atoms with E-state index < -0.39 is 12.0 Å². The fourth-order valence-corrected chi connectivity index (χ4v) is 0.495. The summed E-state index contributed by atoms with van der Waals surface area (Å²) >= 11 is 0. The molecule has 58 valence electrons. The topological polar surface area (TPSA) is 87.2 Å². The minimum absolute atomic E-state index is 0.352. The van der Waals surface area contributed by atoms with Crippen LogP contribution in [0.5, 0.6) is 0 Å². The minimum atomic E-state index is -0.999. The third-order valence-electron chi connectivity index (χ3n) is 1.15. The largest absolute Gasteiger partial charge is 0.480 e. The molecule has 4 nitrogen and oxygen atoms in total. The van der Waals surface area contributed by atoms with Crippen LogP contribution >= 0.6 is 0 Å². The lowest BCUT2D eigenvalue weighted by Gasteiger charge is -2.03. The molecule has 0 heterocycles. The molecule has 0 radical (unpaired) electrons. The fourth-order valence-electron chi connectivity index (χ4n) is 0.495. The van der Waals surface area contributed by atoms with E-state index in [0.29, 0.717) is 18.6 Å². The number of carboxylic acids is 1. The number of carboxylic acid groups (broad SMARTS) is 1. The van der Waals surface area contributed by atoms with E-state index in [1.165, 1.54) is 0 Å². The van der Waals surface area contributed by atoms with Gasteiger partial charge in [-0.25, -0.2) is 0 Å². The Morgan fingerprint density at radius 2 is 2.30 bits per heavy atom. The van der Waals surface area contributed by atoms with Gasteiger partial charge in [0.2, 0.25) is 0 Å². The lowest BCUT2D eigenvalue weighted by atomic mass is 10.1. The summed E-state index contributed by atoms with van der Waals surface area (Å²) in [6, 6.07) is -0.819. The molecule has 4 N–H and O–H groups in total. The fraction of sp³-hybridized carbons (Fsp3) is 0.667. The molecular formula is C6H12N2O2. The van der Waals surface area contributed by atoms with E-state index in [1.54, 1.807) is 6.92 Å². The third kappa shape index (κ3) is 4.03. The number of nitrogens with two attached hydrogens (primary N) is 1. The second-order valence-electron chi connectivity index (χ2n) is 2.26. The third-order valence-corrected chi connectivity index (χ3v) is 1.15. The van der Waals surface area contributed by atoms with Gasteiger partial charge in [0.1, 0.15) is 6.04 Å². The Hall–Kier alpha value is -0.900. The van der Waals surface area contributed by atoms with Crippen LogP contribution in [0.1, 0.15) is 19.8 Å². The molecule has 0 aromatic carbocycles. The van der Waals surface area contributed by atoms with Crippen molar-refractivity contribution in [2.45, 2.75) is 25.8 Å². The minimum Gasteiger partial charge on any atom is -0.480 e. The Bertz CT molecular complexity index is 145. The number of aliphatic carboxylic acids is 1. The van der Waals surface area contributed by atoms with E-state index in [2.05, 4.69) is 0 Å². The average Bonchev–Trinajstić information content (AvgIpc) is 1.82. The molecule has 0 bridgehead atoms.